The van der Waals surface area contributed by atoms with Gasteiger partial charge < -0.3 is 5.32 Å². The van der Waals surface area contributed by atoms with E-state index in [2.05, 4.69) is 16.3 Å². The molecule has 1 aliphatic rings. The number of nitriles is 1. The molecule has 1 aliphatic heterocycles. The quantitative estimate of drug-likeness (QED) is 0.889. The van der Waals surface area contributed by atoms with Gasteiger partial charge in [-0.3, -0.25) is 9.69 Å². The fourth-order valence-corrected chi connectivity index (χ4v) is 2.56. The Morgan fingerprint density at radius 3 is 2.84 bits per heavy atom. The second-order valence-corrected chi connectivity index (χ2v) is 4.80. The number of carbonyl (C=O) groups is 1. The van der Waals surface area contributed by atoms with Crippen LogP contribution in [0.2, 0.25) is 0 Å². The summed E-state index contributed by atoms with van der Waals surface area (Å²) >= 11 is 0. The van der Waals surface area contributed by atoms with Gasteiger partial charge in [0.05, 0.1) is 18.0 Å². The molecule has 100 valence electrons. The van der Waals surface area contributed by atoms with Crippen LogP contribution >= 0.6 is 0 Å². The summed E-state index contributed by atoms with van der Waals surface area (Å²) in [7, 11) is 0. The molecule has 0 spiro atoms. The smallest absolute Gasteiger partial charge is 0.237 e. The Balaban J connectivity index is 2.10. The van der Waals surface area contributed by atoms with E-state index in [9.17, 15) is 10.1 Å². The molecule has 2 atom stereocenters. The zero-order valence-electron chi connectivity index (χ0n) is 11.2. The molecule has 1 saturated heterocycles. The van der Waals surface area contributed by atoms with Gasteiger partial charge in [0.15, 0.2) is 0 Å². The summed E-state index contributed by atoms with van der Waals surface area (Å²) in [6.07, 6.45) is 0.777. The third kappa shape index (κ3) is 3.12. The fraction of sp³-hybridized carbons (Fsp3) is 0.467. The Bertz CT molecular complexity index is 466. The predicted molar refractivity (Wildman–Crippen MR) is 73.5 cm³/mol. The number of rotatable bonds is 4. The van der Waals surface area contributed by atoms with E-state index in [1.54, 1.807) is 0 Å². The lowest BCUT2D eigenvalue weighted by Gasteiger charge is -2.35. The molecule has 2 unspecified atom stereocenters. The highest BCUT2D eigenvalue weighted by Crippen LogP contribution is 2.19. The van der Waals surface area contributed by atoms with Crippen LogP contribution in [0.15, 0.2) is 30.3 Å². The van der Waals surface area contributed by atoms with Crippen molar-refractivity contribution in [3.63, 3.8) is 0 Å². The summed E-state index contributed by atoms with van der Waals surface area (Å²) in [5.41, 5.74) is 1.02. The molecule has 4 heteroatoms. The number of hydrogen-bond donors (Lipinski definition) is 1. The fourth-order valence-electron chi connectivity index (χ4n) is 2.56. The zero-order valence-corrected chi connectivity index (χ0v) is 11.2. The first-order chi connectivity index (χ1) is 9.26. The Hall–Kier alpha value is -1.86. The van der Waals surface area contributed by atoms with Gasteiger partial charge in [0.2, 0.25) is 5.91 Å². The number of piperazine rings is 1. The molecule has 19 heavy (non-hydrogen) atoms. The lowest BCUT2D eigenvalue weighted by atomic mass is 9.98. The molecule has 1 N–H and O–H groups in total. The highest BCUT2D eigenvalue weighted by molar-refractivity contribution is 5.82. The maximum absolute atomic E-state index is 11.8. The third-order valence-electron chi connectivity index (χ3n) is 3.60. The van der Waals surface area contributed by atoms with Crippen molar-refractivity contribution in [2.45, 2.75) is 25.3 Å². The van der Waals surface area contributed by atoms with Crippen LogP contribution in [-0.4, -0.2) is 36.5 Å². The van der Waals surface area contributed by atoms with Crippen LogP contribution in [0.3, 0.4) is 0 Å². The molecule has 1 heterocycles. The molecule has 2 rings (SSSR count). The van der Waals surface area contributed by atoms with Crippen molar-refractivity contribution in [3.05, 3.63) is 35.9 Å². The first-order valence-electron chi connectivity index (χ1n) is 6.72. The molecular weight excluding hydrogens is 238 g/mol. The van der Waals surface area contributed by atoms with E-state index in [-0.39, 0.29) is 17.9 Å². The van der Waals surface area contributed by atoms with E-state index >= 15 is 0 Å². The number of nitrogens with zero attached hydrogens (tertiary/aromatic N) is 2. The molecule has 1 amide bonds. The molecule has 1 aromatic carbocycles. The summed E-state index contributed by atoms with van der Waals surface area (Å²) in [4.78, 5) is 13.9. The van der Waals surface area contributed by atoms with Gasteiger partial charge in [-0.05, 0) is 12.0 Å². The highest BCUT2D eigenvalue weighted by atomic mass is 16.2. The van der Waals surface area contributed by atoms with Crippen molar-refractivity contribution in [3.8, 4) is 6.07 Å². The average Bonchev–Trinajstić information content (AvgIpc) is 2.46. The topological polar surface area (TPSA) is 56.1 Å². The number of amides is 1. The summed E-state index contributed by atoms with van der Waals surface area (Å²) in [5.74, 6) is -0.0975. The molecule has 4 nitrogen and oxygen atoms in total. The van der Waals surface area contributed by atoms with Crippen LogP contribution in [-0.2, 0) is 4.79 Å². The number of nitrogens with one attached hydrogen (secondary N) is 1. The van der Waals surface area contributed by atoms with Crippen molar-refractivity contribution in [2.75, 3.05) is 19.6 Å². The third-order valence-corrected chi connectivity index (χ3v) is 3.60. The molecule has 1 fully saturated rings. The van der Waals surface area contributed by atoms with Crippen LogP contribution in [0.25, 0.3) is 0 Å². The van der Waals surface area contributed by atoms with E-state index in [4.69, 9.17) is 0 Å². The van der Waals surface area contributed by atoms with Crippen LogP contribution < -0.4 is 5.32 Å². The van der Waals surface area contributed by atoms with Crippen molar-refractivity contribution in [1.29, 1.82) is 5.26 Å². The van der Waals surface area contributed by atoms with Crippen LogP contribution in [0.4, 0.5) is 0 Å². The molecule has 0 aromatic heterocycles. The maximum Gasteiger partial charge on any atom is 0.237 e. The van der Waals surface area contributed by atoms with Crippen LogP contribution in [0.5, 0.6) is 0 Å². The van der Waals surface area contributed by atoms with Gasteiger partial charge in [-0.1, -0.05) is 37.3 Å². The van der Waals surface area contributed by atoms with E-state index in [1.165, 1.54) is 0 Å². The van der Waals surface area contributed by atoms with Gasteiger partial charge in [-0.15, -0.1) is 0 Å². The Morgan fingerprint density at radius 2 is 2.21 bits per heavy atom. The molecule has 1 aromatic rings. The number of benzene rings is 1. The van der Waals surface area contributed by atoms with E-state index in [0.29, 0.717) is 13.1 Å². The van der Waals surface area contributed by atoms with Gasteiger partial charge in [0.1, 0.15) is 0 Å². The number of carbonyl (C=O) groups excluding carboxylic acids is 1. The number of hydrogen-bond acceptors (Lipinski definition) is 3. The van der Waals surface area contributed by atoms with Gasteiger partial charge in [0.25, 0.3) is 0 Å². The zero-order chi connectivity index (χ0) is 13.7. The molecule has 0 bridgehead atoms. The summed E-state index contributed by atoms with van der Waals surface area (Å²) in [5, 5.41) is 12.2. The molecule has 0 aliphatic carbocycles. The normalized spacial score (nSPS) is 21.5. The largest absolute Gasteiger partial charge is 0.353 e. The Kier molecular flexibility index (Phi) is 4.53. The first-order valence-corrected chi connectivity index (χ1v) is 6.72. The minimum Gasteiger partial charge on any atom is -0.353 e. The molecular formula is C15H19N3O. The van der Waals surface area contributed by atoms with Crippen LogP contribution in [0, 0.1) is 11.3 Å². The van der Waals surface area contributed by atoms with Crippen molar-refractivity contribution in [1.82, 2.24) is 10.2 Å². The first kappa shape index (κ1) is 13.6. The van der Waals surface area contributed by atoms with Crippen molar-refractivity contribution < 1.29 is 4.79 Å². The van der Waals surface area contributed by atoms with E-state index in [0.717, 1.165) is 18.5 Å². The lowest BCUT2D eigenvalue weighted by Crippen LogP contribution is -2.55. The summed E-state index contributed by atoms with van der Waals surface area (Å²) in [6.45, 7) is 4.11. The van der Waals surface area contributed by atoms with Crippen LogP contribution in [0.1, 0.15) is 24.8 Å². The Morgan fingerprint density at radius 1 is 1.47 bits per heavy atom. The minimum absolute atomic E-state index is 0.0819. The summed E-state index contributed by atoms with van der Waals surface area (Å²) < 4.78 is 0. The van der Waals surface area contributed by atoms with E-state index in [1.807, 2.05) is 37.3 Å². The molecule has 0 saturated carbocycles. The van der Waals surface area contributed by atoms with E-state index < -0.39 is 0 Å². The van der Waals surface area contributed by atoms with Crippen molar-refractivity contribution >= 4 is 5.91 Å². The van der Waals surface area contributed by atoms with Crippen molar-refractivity contribution in [2.24, 2.45) is 0 Å². The lowest BCUT2D eigenvalue weighted by molar-refractivity contribution is -0.129. The second kappa shape index (κ2) is 6.35. The maximum atomic E-state index is 11.8. The van der Waals surface area contributed by atoms with Gasteiger partial charge >= 0.3 is 0 Å². The van der Waals surface area contributed by atoms with Gasteiger partial charge in [-0.2, -0.15) is 5.26 Å². The average molecular weight is 257 g/mol. The second-order valence-electron chi connectivity index (χ2n) is 4.80. The van der Waals surface area contributed by atoms with Gasteiger partial charge in [-0.25, -0.2) is 0 Å². The summed E-state index contributed by atoms with van der Waals surface area (Å²) in [6, 6.07) is 12.0. The minimum atomic E-state index is -0.179. The Labute approximate surface area is 114 Å². The predicted octanol–water partition coefficient (Wildman–Crippen LogP) is 1.50. The molecule has 0 radical (unpaired) electrons. The standard InChI is InChI=1S/C15H19N3O/c1-2-14-15(19)17-8-9-18(14)11-13(10-16)12-6-4-3-5-7-12/h3-7,13-14H,2,8-9,11H2,1H3,(H,17,19). The highest BCUT2D eigenvalue weighted by Gasteiger charge is 2.29. The monoisotopic (exact) mass is 257 g/mol. The SMILES string of the molecule is CCC1C(=O)NCCN1CC(C#N)c1ccccc1. The van der Waals surface area contributed by atoms with Gasteiger partial charge in [0, 0.05) is 19.6 Å².